The van der Waals surface area contributed by atoms with Gasteiger partial charge in [-0.1, -0.05) is 66.7 Å². The summed E-state index contributed by atoms with van der Waals surface area (Å²) in [5.74, 6) is 0.664. The maximum absolute atomic E-state index is 13.1. The van der Waals surface area contributed by atoms with Crippen LogP contribution in [0.3, 0.4) is 0 Å². The van der Waals surface area contributed by atoms with E-state index in [-0.39, 0.29) is 5.91 Å². The number of ether oxygens (including phenoxy) is 1. The smallest absolute Gasteiger partial charge is 0.269 e. The third-order valence-corrected chi connectivity index (χ3v) is 7.80. The number of carbonyl (C=O) groups excluding carboxylic acids is 1. The van der Waals surface area contributed by atoms with Gasteiger partial charge in [0.25, 0.3) is 5.91 Å². The Balaban J connectivity index is 1.27. The largest absolute Gasteiger partial charge is 0.496 e. The van der Waals surface area contributed by atoms with Crippen LogP contribution in [-0.2, 0) is 6.42 Å². The van der Waals surface area contributed by atoms with Gasteiger partial charge in [-0.25, -0.2) is 4.98 Å². The fourth-order valence-electron chi connectivity index (χ4n) is 4.78. The van der Waals surface area contributed by atoms with Gasteiger partial charge in [0.15, 0.2) is 0 Å². The minimum absolute atomic E-state index is 0.163. The zero-order valence-electron chi connectivity index (χ0n) is 20.3. The maximum Gasteiger partial charge on any atom is 0.269 e. The molecule has 0 radical (unpaired) electrons. The molecule has 0 fully saturated rings. The lowest BCUT2D eigenvalue weighted by molar-refractivity contribution is 0.0947. The topological polar surface area (TPSA) is 56.1 Å². The minimum atomic E-state index is -0.163. The van der Waals surface area contributed by atoms with E-state index in [1.807, 2.05) is 52.3 Å². The van der Waals surface area contributed by atoms with E-state index in [4.69, 9.17) is 4.74 Å². The van der Waals surface area contributed by atoms with Crippen LogP contribution in [0.4, 0.5) is 0 Å². The first-order chi connectivity index (χ1) is 18.2. The molecule has 0 saturated heterocycles. The number of methoxy groups -OCH3 is 1. The number of thiophene rings is 1. The Bertz CT molecular complexity index is 1730. The molecule has 0 atom stereocenters. The van der Waals surface area contributed by atoms with Gasteiger partial charge in [0, 0.05) is 32.4 Å². The summed E-state index contributed by atoms with van der Waals surface area (Å²) in [6, 6.07) is 31.1. The van der Waals surface area contributed by atoms with Crippen LogP contribution in [0.1, 0.15) is 16.1 Å². The van der Waals surface area contributed by atoms with Crippen molar-refractivity contribution >= 4 is 37.4 Å². The Morgan fingerprint density at radius 2 is 1.76 bits per heavy atom. The number of imidazole rings is 1. The van der Waals surface area contributed by atoms with Crippen LogP contribution in [-0.4, -0.2) is 29.1 Å². The highest BCUT2D eigenvalue weighted by Crippen LogP contribution is 2.40. The fraction of sp³-hybridized carbons (Fsp3) is 0.0968. The van der Waals surface area contributed by atoms with Crippen molar-refractivity contribution in [2.24, 2.45) is 0 Å². The number of nitrogens with zero attached hydrogens (tertiary/aromatic N) is 2. The number of fused-ring (bicyclic) bond motifs is 3. The fourth-order valence-corrected chi connectivity index (χ4v) is 6.02. The van der Waals surface area contributed by atoms with Crippen molar-refractivity contribution < 1.29 is 9.53 Å². The van der Waals surface area contributed by atoms with E-state index in [0.717, 1.165) is 22.6 Å². The molecule has 4 aromatic carbocycles. The van der Waals surface area contributed by atoms with E-state index < -0.39 is 0 Å². The average Bonchev–Trinajstić information content (AvgIpc) is 3.59. The van der Waals surface area contributed by atoms with Crippen molar-refractivity contribution in [2.75, 3.05) is 13.7 Å². The van der Waals surface area contributed by atoms with E-state index in [0.29, 0.717) is 18.7 Å². The zero-order chi connectivity index (χ0) is 25.2. The summed E-state index contributed by atoms with van der Waals surface area (Å²) in [4.78, 5) is 17.4. The van der Waals surface area contributed by atoms with Gasteiger partial charge in [0.2, 0.25) is 0 Å². The van der Waals surface area contributed by atoms with Crippen molar-refractivity contribution in [3.05, 3.63) is 115 Å². The Morgan fingerprint density at radius 1 is 0.946 bits per heavy atom. The third kappa shape index (κ3) is 4.36. The summed E-state index contributed by atoms with van der Waals surface area (Å²) in [7, 11) is 1.66. The molecule has 0 spiro atoms. The summed E-state index contributed by atoms with van der Waals surface area (Å²) in [5, 5.41) is 5.57. The maximum atomic E-state index is 13.1. The van der Waals surface area contributed by atoms with Crippen LogP contribution in [0.5, 0.6) is 5.75 Å². The van der Waals surface area contributed by atoms with Crippen molar-refractivity contribution in [1.29, 1.82) is 0 Å². The molecule has 0 bridgehead atoms. The Morgan fingerprint density at radius 3 is 2.68 bits per heavy atom. The van der Waals surface area contributed by atoms with Crippen molar-refractivity contribution in [3.8, 4) is 22.6 Å². The summed E-state index contributed by atoms with van der Waals surface area (Å²) in [5.41, 5.74) is 4.73. The molecule has 37 heavy (non-hydrogen) atoms. The molecule has 1 N–H and O–H groups in total. The van der Waals surface area contributed by atoms with Crippen LogP contribution in [0, 0.1) is 0 Å². The first kappa shape index (κ1) is 23.0. The summed E-state index contributed by atoms with van der Waals surface area (Å²) < 4.78 is 9.80. The molecule has 182 valence electrons. The number of aromatic nitrogens is 2. The molecule has 0 aliphatic rings. The van der Waals surface area contributed by atoms with E-state index in [9.17, 15) is 4.79 Å². The molecule has 1 amide bonds. The monoisotopic (exact) mass is 503 g/mol. The molecule has 0 saturated carbocycles. The first-order valence-corrected chi connectivity index (χ1v) is 13.0. The highest BCUT2D eigenvalue weighted by Gasteiger charge is 2.15. The molecular formula is C31H25N3O2S. The Hall–Kier alpha value is -4.42. The lowest BCUT2D eigenvalue weighted by Gasteiger charge is -2.12. The summed E-state index contributed by atoms with van der Waals surface area (Å²) in [6.45, 7) is 0.498. The highest BCUT2D eigenvalue weighted by atomic mass is 32.1. The second-order valence-corrected chi connectivity index (χ2v) is 9.85. The molecule has 0 unspecified atom stereocenters. The molecule has 0 aliphatic carbocycles. The standard InChI is InChI=1S/C31H25N3O2S/c1-36-28-14-4-2-8-21(28)16-17-33-31(35)27-19-32-20-34(27)23-10-6-9-22(18-23)24-12-7-13-26-25-11-3-5-15-29(25)37-30(24)26/h2-15,18-20H,16-17H2,1H3,(H,33,35). The molecule has 6 aromatic rings. The van der Waals surface area contributed by atoms with E-state index in [1.165, 1.54) is 25.7 Å². The summed E-state index contributed by atoms with van der Waals surface area (Å²) >= 11 is 1.81. The van der Waals surface area contributed by atoms with Gasteiger partial charge < -0.3 is 10.1 Å². The van der Waals surface area contributed by atoms with E-state index in [2.05, 4.69) is 64.9 Å². The second-order valence-electron chi connectivity index (χ2n) is 8.80. The quantitative estimate of drug-likeness (QED) is 0.258. The highest BCUT2D eigenvalue weighted by molar-refractivity contribution is 7.26. The number of amides is 1. The normalized spacial score (nSPS) is 11.2. The van der Waals surface area contributed by atoms with Gasteiger partial charge in [-0.15, -0.1) is 11.3 Å². The van der Waals surface area contributed by atoms with E-state index >= 15 is 0 Å². The SMILES string of the molecule is COc1ccccc1CCNC(=O)c1cncn1-c1cccc(-c2cccc3c2sc2ccccc23)c1. The van der Waals surface area contributed by atoms with Crippen molar-refractivity contribution in [3.63, 3.8) is 0 Å². The van der Waals surface area contributed by atoms with Gasteiger partial charge in [0.05, 0.1) is 19.6 Å². The number of nitrogens with one attached hydrogen (secondary N) is 1. The predicted octanol–water partition coefficient (Wildman–Crippen LogP) is 6.89. The molecule has 6 heteroatoms. The van der Waals surface area contributed by atoms with Gasteiger partial charge in [-0.3, -0.25) is 9.36 Å². The van der Waals surface area contributed by atoms with Crippen LogP contribution in [0.25, 0.3) is 37.0 Å². The number of hydrogen-bond donors (Lipinski definition) is 1. The van der Waals surface area contributed by atoms with Crippen LogP contribution >= 0.6 is 11.3 Å². The number of benzene rings is 4. The lowest BCUT2D eigenvalue weighted by Crippen LogP contribution is -2.27. The van der Waals surface area contributed by atoms with E-state index in [1.54, 1.807) is 19.6 Å². The van der Waals surface area contributed by atoms with Crippen molar-refractivity contribution in [1.82, 2.24) is 14.9 Å². The number of para-hydroxylation sites is 1. The van der Waals surface area contributed by atoms with Crippen LogP contribution in [0.15, 0.2) is 104 Å². The second kappa shape index (κ2) is 9.91. The molecule has 2 aromatic heterocycles. The average molecular weight is 504 g/mol. The number of hydrogen-bond acceptors (Lipinski definition) is 4. The van der Waals surface area contributed by atoms with Gasteiger partial charge in [-0.2, -0.15) is 0 Å². The minimum Gasteiger partial charge on any atom is -0.496 e. The summed E-state index contributed by atoms with van der Waals surface area (Å²) in [6.07, 6.45) is 3.98. The molecule has 2 heterocycles. The van der Waals surface area contributed by atoms with Crippen LogP contribution in [0.2, 0.25) is 0 Å². The van der Waals surface area contributed by atoms with Gasteiger partial charge in [-0.05, 0) is 47.4 Å². The molecule has 6 rings (SSSR count). The number of rotatable bonds is 7. The Kier molecular flexibility index (Phi) is 6.16. The van der Waals surface area contributed by atoms with Crippen molar-refractivity contribution in [2.45, 2.75) is 6.42 Å². The van der Waals surface area contributed by atoms with Gasteiger partial charge in [0.1, 0.15) is 11.4 Å². The predicted molar refractivity (Wildman–Crippen MR) is 151 cm³/mol. The zero-order valence-corrected chi connectivity index (χ0v) is 21.2. The Labute approximate surface area is 219 Å². The van der Waals surface area contributed by atoms with Gasteiger partial charge >= 0.3 is 0 Å². The molecule has 5 nitrogen and oxygen atoms in total. The van der Waals surface area contributed by atoms with Crippen LogP contribution < -0.4 is 10.1 Å². The number of carbonyl (C=O) groups is 1. The third-order valence-electron chi connectivity index (χ3n) is 6.58. The molecular weight excluding hydrogens is 478 g/mol. The lowest BCUT2D eigenvalue weighted by atomic mass is 10.0. The molecule has 0 aliphatic heterocycles. The first-order valence-electron chi connectivity index (χ1n) is 12.2.